The van der Waals surface area contributed by atoms with Crippen LogP contribution in [-0.2, 0) is 6.54 Å². The second-order valence-electron chi connectivity index (χ2n) is 3.61. The molecule has 86 valence electrons. The van der Waals surface area contributed by atoms with E-state index in [1.54, 1.807) is 0 Å². The average molecular weight is 293 g/mol. The lowest BCUT2D eigenvalue weighted by Crippen LogP contribution is -1.95. The second-order valence-corrected chi connectivity index (χ2v) is 4.47. The Morgan fingerprint density at radius 3 is 3.06 bits per heavy atom. The highest BCUT2D eigenvalue weighted by molar-refractivity contribution is 9.10. The molecule has 2 aromatic heterocycles. The van der Waals surface area contributed by atoms with Gasteiger partial charge >= 0.3 is 0 Å². The van der Waals surface area contributed by atoms with Gasteiger partial charge in [-0.1, -0.05) is 5.16 Å². The van der Waals surface area contributed by atoms with Gasteiger partial charge in [-0.25, -0.2) is 0 Å². The molecule has 3 aromatic rings. The minimum absolute atomic E-state index is 0.253. The minimum atomic E-state index is 0.253. The smallest absolute Gasteiger partial charge is 0.240 e. The third-order valence-corrected chi connectivity index (χ3v) is 3.19. The Morgan fingerprint density at radius 1 is 1.41 bits per heavy atom. The molecule has 5 nitrogen and oxygen atoms in total. The number of hydrogen-bond donors (Lipinski definition) is 2. The van der Waals surface area contributed by atoms with E-state index >= 15 is 0 Å². The Hall–Kier alpha value is -1.66. The van der Waals surface area contributed by atoms with Crippen LogP contribution in [0, 0.1) is 0 Å². The van der Waals surface area contributed by atoms with Crippen molar-refractivity contribution in [1.29, 1.82) is 0 Å². The van der Waals surface area contributed by atoms with Gasteiger partial charge in [0, 0.05) is 27.1 Å². The monoisotopic (exact) mass is 292 g/mol. The zero-order valence-corrected chi connectivity index (χ0v) is 10.4. The SMILES string of the molecule is NCc1nc(-c2ccc3[nH]cc(Br)c3c2)no1. The zero-order valence-electron chi connectivity index (χ0n) is 8.77. The fourth-order valence-corrected chi connectivity index (χ4v) is 2.12. The van der Waals surface area contributed by atoms with Crippen LogP contribution < -0.4 is 5.73 Å². The number of nitrogens with two attached hydrogens (primary N) is 1. The summed E-state index contributed by atoms with van der Waals surface area (Å²) in [7, 11) is 0. The van der Waals surface area contributed by atoms with E-state index in [0.717, 1.165) is 20.9 Å². The van der Waals surface area contributed by atoms with Gasteiger partial charge in [-0.15, -0.1) is 0 Å². The summed E-state index contributed by atoms with van der Waals surface area (Å²) in [6, 6.07) is 5.92. The molecule has 0 saturated heterocycles. The van der Waals surface area contributed by atoms with Gasteiger partial charge in [-0.2, -0.15) is 4.98 Å². The molecule has 2 heterocycles. The standard InChI is InChI=1S/C11H9BrN4O/c12-8-5-14-9-2-1-6(3-7(8)9)11-15-10(4-13)17-16-11/h1-3,5,14H,4,13H2. The molecule has 0 aliphatic heterocycles. The summed E-state index contributed by atoms with van der Waals surface area (Å²) in [5.41, 5.74) is 7.39. The van der Waals surface area contributed by atoms with Crippen molar-refractivity contribution in [2.75, 3.05) is 0 Å². The molecule has 3 rings (SSSR count). The van der Waals surface area contributed by atoms with Crippen LogP contribution >= 0.6 is 15.9 Å². The van der Waals surface area contributed by atoms with E-state index in [1.165, 1.54) is 0 Å². The normalized spacial score (nSPS) is 11.2. The van der Waals surface area contributed by atoms with Crippen LogP contribution in [0.2, 0.25) is 0 Å². The number of hydrogen-bond acceptors (Lipinski definition) is 4. The van der Waals surface area contributed by atoms with Crippen LogP contribution in [0.1, 0.15) is 5.89 Å². The van der Waals surface area contributed by atoms with Crippen molar-refractivity contribution < 1.29 is 4.52 Å². The molecular weight excluding hydrogens is 284 g/mol. The van der Waals surface area contributed by atoms with E-state index in [4.69, 9.17) is 10.3 Å². The van der Waals surface area contributed by atoms with E-state index in [2.05, 4.69) is 31.1 Å². The van der Waals surface area contributed by atoms with E-state index < -0.39 is 0 Å². The van der Waals surface area contributed by atoms with Crippen molar-refractivity contribution in [3.8, 4) is 11.4 Å². The van der Waals surface area contributed by atoms with Crippen molar-refractivity contribution >= 4 is 26.8 Å². The number of aromatic nitrogens is 3. The summed E-state index contributed by atoms with van der Waals surface area (Å²) in [5.74, 6) is 0.994. The molecule has 0 fully saturated rings. The van der Waals surface area contributed by atoms with Crippen LogP contribution in [0.3, 0.4) is 0 Å². The predicted molar refractivity (Wildman–Crippen MR) is 67.2 cm³/mol. The van der Waals surface area contributed by atoms with Gasteiger partial charge in [0.15, 0.2) is 0 Å². The number of halogens is 1. The Balaban J connectivity index is 2.13. The molecule has 0 spiro atoms. The molecule has 0 aliphatic carbocycles. The van der Waals surface area contributed by atoms with Gasteiger partial charge in [0.05, 0.1) is 6.54 Å². The molecule has 17 heavy (non-hydrogen) atoms. The first-order valence-corrected chi connectivity index (χ1v) is 5.87. The van der Waals surface area contributed by atoms with E-state index in [0.29, 0.717) is 11.7 Å². The molecule has 0 aliphatic rings. The molecule has 0 unspecified atom stereocenters. The molecule has 0 amide bonds. The number of nitrogens with zero attached hydrogens (tertiary/aromatic N) is 2. The maximum atomic E-state index is 5.43. The maximum absolute atomic E-state index is 5.43. The van der Waals surface area contributed by atoms with Crippen molar-refractivity contribution in [2.24, 2.45) is 5.73 Å². The Labute approximate surface area is 105 Å². The number of aromatic amines is 1. The van der Waals surface area contributed by atoms with Crippen molar-refractivity contribution in [1.82, 2.24) is 15.1 Å². The van der Waals surface area contributed by atoms with Gasteiger partial charge < -0.3 is 15.2 Å². The fourth-order valence-electron chi connectivity index (χ4n) is 1.68. The molecular formula is C11H9BrN4O. The number of benzene rings is 1. The molecule has 0 radical (unpaired) electrons. The number of fused-ring (bicyclic) bond motifs is 1. The van der Waals surface area contributed by atoms with Crippen LogP contribution in [0.25, 0.3) is 22.3 Å². The zero-order chi connectivity index (χ0) is 11.8. The quantitative estimate of drug-likeness (QED) is 0.760. The lowest BCUT2D eigenvalue weighted by atomic mass is 10.1. The molecule has 6 heteroatoms. The summed E-state index contributed by atoms with van der Waals surface area (Å²) in [6.45, 7) is 0.253. The molecule has 0 atom stereocenters. The Morgan fingerprint density at radius 2 is 2.29 bits per heavy atom. The first kappa shape index (κ1) is 10.5. The van der Waals surface area contributed by atoms with E-state index in [-0.39, 0.29) is 6.54 Å². The maximum Gasteiger partial charge on any atom is 0.240 e. The van der Waals surface area contributed by atoms with Gasteiger partial charge in [0.25, 0.3) is 0 Å². The first-order valence-electron chi connectivity index (χ1n) is 5.07. The number of nitrogens with one attached hydrogen (secondary N) is 1. The van der Waals surface area contributed by atoms with Crippen molar-refractivity contribution in [2.45, 2.75) is 6.54 Å². The second kappa shape index (κ2) is 3.97. The summed E-state index contributed by atoms with van der Waals surface area (Å²) < 4.78 is 6.00. The summed E-state index contributed by atoms with van der Waals surface area (Å²) in [5, 5.41) is 4.97. The highest BCUT2D eigenvalue weighted by Gasteiger charge is 2.09. The molecule has 0 saturated carbocycles. The number of rotatable bonds is 2. The van der Waals surface area contributed by atoms with Crippen LogP contribution in [0.4, 0.5) is 0 Å². The van der Waals surface area contributed by atoms with Crippen molar-refractivity contribution in [3.63, 3.8) is 0 Å². The van der Waals surface area contributed by atoms with Gasteiger partial charge in [0.1, 0.15) is 0 Å². The Kier molecular flexibility index (Phi) is 2.45. The lowest BCUT2D eigenvalue weighted by molar-refractivity contribution is 0.380. The lowest BCUT2D eigenvalue weighted by Gasteiger charge is -1.95. The highest BCUT2D eigenvalue weighted by atomic mass is 79.9. The highest BCUT2D eigenvalue weighted by Crippen LogP contribution is 2.27. The summed E-state index contributed by atoms with van der Waals surface area (Å²) in [6.07, 6.45) is 1.90. The van der Waals surface area contributed by atoms with Gasteiger partial charge in [0.2, 0.25) is 11.7 Å². The van der Waals surface area contributed by atoms with E-state index in [9.17, 15) is 0 Å². The third-order valence-electron chi connectivity index (χ3n) is 2.53. The summed E-state index contributed by atoms with van der Waals surface area (Å²) >= 11 is 3.48. The molecule has 1 aromatic carbocycles. The third kappa shape index (κ3) is 1.75. The van der Waals surface area contributed by atoms with Crippen LogP contribution in [0.5, 0.6) is 0 Å². The summed E-state index contributed by atoms with van der Waals surface area (Å²) in [4.78, 5) is 7.34. The number of H-pyrrole nitrogens is 1. The molecule has 0 bridgehead atoms. The van der Waals surface area contributed by atoms with Gasteiger partial charge in [-0.3, -0.25) is 0 Å². The largest absolute Gasteiger partial charge is 0.360 e. The topological polar surface area (TPSA) is 80.7 Å². The minimum Gasteiger partial charge on any atom is -0.360 e. The van der Waals surface area contributed by atoms with Crippen molar-refractivity contribution in [3.05, 3.63) is 34.8 Å². The van der Waals surface area contributed by atoms with Gasteiger partial charge in [-0.05, 0) is 34.1 Å². The fraction of sp³-hybridized carbons (Fsp3) is 0.0909. The predicted octanol–water partition coefficient (Wildman–Crippen LogP) is 2.44. The average Bonchev–Trinajstić information content (AvgIpc) is 2.96. The first-order chi connectivity index (χ1) is 8.28. The van der Waals surface area contributed by atoms with Crippen LogP contribution in [0.15, 0.2) is 33.4 Å². The molecule has 3 N–H and O–H groups in total. The Bertz CT molecular complexity index is 673. The van der Waals surface area contributed by atoms with Crippen LogP contribution in [-0.4, -0.2) is 15.1 Å². The van der Waals surface area contributed by atoms with E-state index in [1.807, 2.05) is 24.4 Å².